The highest BCUT2D eigenvalue weighted by Crippen LogP contribution is 2.27. The first-order valence-electron chi connectivity index (χ1n) is 8.46. The molecule has 0 spiro atoms. The van der Waals surface area contributed by atoms with E-state index in [0.717, 1.165) is 0 Å². The van der Waals surface area contributed by atoms with Crippen LogP contribution < -0.4 is 10.3 Å². The van der Waals surface area contributed by atoms with Crippen LogP contribution in [0.1, 0.15) is 0 Å². The van der Waals surface area contributed by atoms with Gasteiger partial charge in [0.1, 0.15) is 11.4 Å². The summed E-state index contributed by atoms with van der Waals surface area (Å²) >= 11 is 0. The summed E-state index contributed by atoms with van der Waals surface area (Å²) in [5.74, 6) is -0.254. The molecule has 0 atom stereocenters. The lowest BCUT2D eigenvalue weighted by Gasteiger charge is -2.14. The van der Waals surface area contributed by atoms with Gasteiger partial charge in [-0.15, -0.1) is 0 Å². The van der Waals surface area contributed by atoms with E-state index < -0.39 is 11.5 Å². The normalized spacial score (nSPS) is 10.6. The van der Waals surface area contributed by atoms with Crippen LogP contribution in [0.4, 0.5) is 4.39 Å². The molecule has 0 aliphatic carbocycles. The van der Waals surface area contributed by atoms with Crippen molar-refractivity contribution in [3.05, 3.63) is 89.8 Å². The number of rotatable bonds is 4. The molecule has 0 unspecified atom stereocenters. The minimum Gasteiger partial charge on any atom is -0.494 e. The van der Waals surface area contributed by atoms with Crippen LogP contribution in [0.25, 0.3) is 28.1 Å². The Morgan fingerprint density at radius 1 is 1.00 bits per heavy atom. The van der Waals surface area contributed by atoms with Gasteiger partial charge in [0.15, 0.2) is 0 Å². The topological polar surface area (TPSA) is 69.9 Å². The van der Waals surface area contributed by atoms with Crippen molar-refractivity contribution in [1.29, 1.82) is 0 Å². The lowest BCUT2D eigenvalue weighted by molar-refractivity contribution is 0.412. The van der Waals surface area contributed by atoms with Gasteiger partial charge in [0.2, 0.25) is 5.95 Å². The summed E-state index contributed by atoms with van der Waals surface area (Å²) in [5.41, 5.74) is 1.59. The lowest BCUT2D eigenvalue weighted by atomic mass is 10.0. The predicted octanol–water partition coefficient (Wildman–Crippen LogP) is 3.50. The molecule has 4 aromatic rings. The summed E-state index contributed by atoms with van der Waals surface area (Å²) in [7, 11) is 1.51. The Morgan fingerprint density at radius 3 is 2.61 bits per heavy atom. The van der Waals surface area contributed by atoms with Gasteiger partial charge in [0.25, 0.3) is 5.56 Å². The Balaban J connectivity index is 2.05. The third-order valence-corrected chi connectivity index (χ3v) is 4.27. The van der Waals surface area contributed by atoms with Crippen molar-refractivity contribution in [2.75, 3.05) is 7.11 Å². The van der Waals surface area contributed by atoms with Gasteiger partial charge in [-0.25, -0.2) is 4.98 Å². The van der Waals surface area contributed by atoms with E-state index in [4.69, 9.17) is 4.74 Å². The number of ether oxygens (including phenoxy) is 1. The molecule has 0 aliphatic rings. The maximum Gasteiger partial charge on any atom is 0.263 e. The predicted molar refractivity (Wildman–Crippen MR) is 103 cm³/mol. The van der Waals surface area contributed by atoms with E-state index in [1.54, 1.807) is 42.9 Å². The average molecular weight is 374 g/mol. The largest absolute Gasteiger partial charge is 0.494 e. The summed E-state index contributed by atoms with van der Waals surface area (Å²) in [4.78, 5) is 25.3. The molecule has 0 N–H and O–H groups in total. The Bertz CT molecular complexity index is 1190. The maximum absolute atomic E-state index is 14.4. The van der Waals surface area contributed by atoms with Crippen LogP contribution in [-0.2, 0) is 0 Å². The number of pyridine rings is 4. The van der Waals surface area contributed by atoms with E-state index in [1.165, 1.54) is 30.1 Å². The Hall–Kier alpha value is -3.87. The van der Waals surface area contributed by atoms with E-state index in [9.17, 15) is 9.18 Å². The van der Waals surface area contributed by atoms with Gasteiger partial charge in [-0.1, -0.05) is 6.07 Å². The minimum atomic E-state index is -0.720. The summed E-state index contributed by atoms with van der Waals surface area (Å²) in [6.45, 7) is 0. The van der Waals surface area contributed by atoms with Gasteiger partial charge >= 0.3 is 0 Å². The Morgan fingerprint density at radius 2 is 1.86 bits per heavy atom. The molecular weight excluding hydrogens is 359 g/mol. The quantitative estimate of drug-likeness (QED) is 0.511. The molecule has 0 aliphatic heterocycles. The molecule has 0 saturated heterocycles. The number of nitrogens with zero attached hydrogens (tertiary/aromatic N) is 4. The molecule has 28 heavy (non-hydrogen) atoms. The van der Waals surface area contributed by atoms with E-state index in [1.807, 2.05) is 12.1 Å². The third-order valence-electron chi connectivity index (χ3n) is 4.27. The first-order chi connectivity index (χ1) is 13.7. The zero-order chi connectivity index (χ0) is 19.5. The average Bonchev–Trinajstić information content (AvgIpc) is 2.75. The molecule has 138 valence electrons. The molecule has 6 nitrogen and oxygen atoms in total. The SMILES string of the molecule is COc1ccncc1-n1cc(-c2ccccn2)cc(-c2cccnc2F)c1=O. The molecule has 0 amide bonds. The monoisotopic (exact) mass is 374 g/mol. The number of halogens is 1. The number of hydrogen-bond acceptors (Lipinski definition) is 5. The number of methoxy groups -OCH3 is 1. The highest BCUT2D eigenvalue weighted by molar-refractivity contribution is 5.71. The number of aromatic nitrogens is 4. The molecule has 4 aromatic heterocycles. The van der Waals surface area contributed by atoms with E-state index in [2.05, 4.69) is 15.0 Å². The third kappa shape index (κ3) is 3.14. The van der Waals surface area contributed by atoms with Crippen LogP contribution in [0.3, 0.4) is 0 Å². The van der Waals surface area contributed by atoms with Crippen molar-refractivity contribution in [3.8, 4) is 33.8 Å². The molecule has 0 radical (unpaired) electrons. The smallest absolute Gasteiger partial charge is 0.263 e. The van der Waals surface area contributed by atoms with Crippen molar-refractivity contribution in [2.45, 2.75) is 0 Å². The standard InChI is InChI=1S/C21H15FN4O2/c1-28-19-7-10-23-12-18(19)26-13-14(17-6-2-3-8-24-17)11-16(21(26)27)15-5-4-9-25-20(15)22/h2-13H,1H3. The summed E-state index contributed by atoms with van der Waals surface area (Å²) in [6.07, 6.45) is 7.72. The highest BCUT2D eigenvalue weighted by Gasteiger charge is 2.17. The van der Waals surface area contributed by atoms with Crippen molar-refractivity contribution < 1.29 is 9.13 Å². The molecule has 0 saturated carbocycles. The molecule has 7 heteroatoms. The fraction of sp³-hybridized carbons (Fsp3) is 0.0476. The van der Waals surface area contributed by atoms with Crippen molar-refractivity contribution in [2.24, 2.45) is 0 Å². The fourth-order valence-corrected chi connectivity index (χ4v) is 2.94. The maximum atomic E-state index is 14.4. The highest BCUT2D eigenvalue weighted by atomic mass is 19.1. The zero-order valence-electron chi connectivity index (χ0n) is 14.9. The Labute approximate surface area is 159 Å². The Kier molecular flexibility index (Phi) is 4.63. The molecule has 4 rings (SSSR count). The van der Waals surface area contributed by atoms with Crippen LogP contribution in [0.5, 0.6) is 5.75 Å². The second kappa shape index (κ2) is 7.40. The van der Waals surface area contributed by atoms with Crippen molar-refractivity contribution >= 4 is 0 Å². The van der Waals surface area contributed by atoms with Crippen LogP contribution >= 0.6 is 0 Å². The van der Waals surface area contributed by atoms with Crippen molar-refractivity contribution in [1.82, 2.24) is 19.5 Å². The first-order valence-corrected chi connectivity index (χ1v) is 8.46. The molecule has 0 fully saturated rings. The van der Waals surface area contributed by atoms with Gasteiger partial charge in [-0.05, 0) is 30.3 Å². The van der Waals surface area contributed by atoms with Crippen LogP contribution in [0.2, 0.25) is 0 Å². The molecule has 4 heterocycles. The van der Waals surface area contributed by atoms with Gasteiger partial charge in [0.05, 0.1) is 24.6 Å². The van der Waals surface area contributed by atoms with Gasteiger partial charge in [-0.3, -0.25) is 19.3 Å². The van der Waals surface area contributed by atoms with Crippen LogP contribution in [0, 0.1) is 5.95 Å². The van der Waals surface area contributed by atoms with Crippen LogP contribution in [0.15, 0.2) is 78.2 Å². The molecule has 0 bridgehead atoms. The van der Waals surface area contributed by atoms with Gasteiger partial charge in [0, 0.05) is 42.0 Å². The van der Waals surface area contributed by atoms with E-state index >= 15 is 0 Å². The second-order valence-electron chi connectivity index (χ2n) is 5.92. The lowest BCUT2D eigenvalue weighted by Crippen LogP contribution is -2.21. The first kappa shape index (κ1) is 17.5. The zero-order valence-corrected chi connectivity index (χ0v) is 14.9. The second-order valence-corrected chi connectivity index (χ2v) is 5.92. The van der Waals surface area contributed by atoms with Gasteiger partial charge < -0.3 is 4.74 Å². The van der Waals surface area contributed by atoms with Crippen molar-refractivity contribution in [3.63, 3.8) is 0 Å². The van der Waals surface area contributed by atoms with E-state index in [0.29, 0.717) is 22.7 Å². The fourth-order valence-electron chi connectivity index (χ4n) is 2.94. The molecule has 0 aromatic carbocycles. The molecular formula is C21H15FN4O2. The summed E-state index contributed by atoms with van der Waals surface area (Å²) in [6, 6.07) is 11.8. The minimum absolute atomic E-state index is 0.113. The van der Waals surface area contributed by atoms with Gasteiger partial charge in [-0.2, -0.15) is 4.39 Å². The summed E-state index contributed by atoms with van der Waals surface area (Å²) in [5, 5.41) is 0. The van der Waals surface area contributed by atoms with E-state index in [-0.39, 0.29) is 11.1 Å². The van der Waals surface area contributed by atoms with Crippen LogP contribution in [-0.4, -0.2) is 26.6 Å². The number of hydrogen-bond donors (Lipinski definition) is 0. The summed E-state index contributed by atoms with van der Waals surface area (Å²) < 4.78 is 21.1.